The maximum Gasteiger partial charge on any atom is 0.223 e. The number of carbonyl (C=O) groups excluding carboxylic acids is 1. The number of halogens is 1. The van der Waals surface area contributed by atoms with Crippen LogP contribution in [0.25, 0.3) is 0 Å². The van der Waals surface area contributed by atoms with Gasteiger partial charge in [-0.15, -0.1) is 11.8 Å². The van der Waals surface area contributed by atoms with Gasteiger partial charge in [0, 0.05) is 30.7 Å². The van der Waals surface area contributed by atoms with Crippen LogP contribution >= 0.6 is 11.8 Å². The normalized spacial score (nSPS) is 12.2. The third kappa shape index (κ3) is 6.59. The average molecular weight is 285 g/mol. The summed E-state index contributed by atoms with van der Waals surface area (Å²) in [6.45, 7) is 2.28. The number of nitrogens with zero attached hydrogens (tertiary/aromatic N) is 1. The minimum atomic E-state index is -0.385. The number of aliphatic hydroxyl groups excluding tert-OH is 1. The summed E-state index contributed by atoms with van der Waals surface area (Å²) in [4.78, 5) is 14.4. The Kier molecular flexibility index (Phi) is 6.87. The maximum absolute atomic E-state index is 12.7. The molecule has 0 spiro atoms. The highest BCUT2D eigenvalue weighted by Crippen LogP contribution is 2.19. The van der Waals surface area contributed by atoms with Gasteiger partial charge in [-0.05, 0) is 37.6 Å². The van der Waals surface area contributed by atoms with Crippen LogP contribution in [0.2, 0.25) is 0 Å². The molecule has 0 radical (unpaired) electrons. The van der Waals surface area contributed by atoms with Gasteiger partial charge in [0.15, 0.2) is 0 Å². The summed E-state index contributed by atoms with van der Waals surface area (Å²) in [6, 6.07) is 6.25. The van der Waals surface area contributed by atoms with E-state index in [0.717, 1.165) is 4.90 Å². The van der Waals surface area contributed by atoms with Crippen LogP contribution in [0.5, 0.6) is 0 Å². The largest absolute Gasteiger partial charge is 0.393 e. The summed E-state index contributed by atoms with van der Waals surface area (Å²) in [7, 11) is 1.74. The topological polar surface area (TPSA) is 40.5 Å². The molecule has 19 heavy (non-hydrogen) atoms. The molecule has 0 saturated heterocycles. The molecule has 0 aromatic heterocycles. The molecule has 0 aliphatic carbocycles. The first-order chi connectivity index (χ1) is 8.99. The Morgan fingerprint density at radius 2 is 2.05 bits per heavy atom. The summed E-state index contributed by atoms with van der Waals surface area (Å²) in [6.07, 6.45) is 0.648. The Bertz CT molecular complexity index is 395. The predicted octanol–water partition coefficient (Wildman–Crippen LogP) is 2.54. The number of thioether (sulfide) groups is 1. The van der Waals surface area contributed by atoms with E-state index < -0.39 is 0 Å². The zero-order valence-corrected chi connectivity index (χ0v) is 12.1. The maximum atomic E-state index is 12.7. The van der Waals surface area contributed by atoms with Gasteiger partial charge in [0.2, 0.25) is 5.91 Å². The summed E-state index contributed by atoms with van der Waals surface area (Å²) >= 11 is 1.54. The number of aliphatic hydroxyl groups is 1. The van der Waals surface area contributed by atoms with Gasteiger partial charge in [-0.25, -0.2) is 4.39 Å². The van der Waals surface area contributed by atoms with Crippen molar-refractivity contribution >= 4 is 17.7 Å². The molecule has 0 saturated carbocycles. The molecule has 0 heterocycles. The van der Waals surface area contributed by atoms with E-state index in [0.29, 0.717) is 25.1 Å². The lowest BCUT2D eigenvalue weighted by atomic mass is 10.2. The van der Waals surface area contributed by atoms with Crippen molar-refractivity contribution in [3.8, 4) is 0 Å². The Morgan fingerprint density at radius 1 is 1.42 bits per heavy atom. The second-order valence-electron chi connectivity index (χ2n) is 4.51. The zero-order chi connectivity index (χ0) is 14.3. The zero-order valence-electron chi connectivity index (χ0n) is 11.3. The molecule has 3 nitrogen and oxygen atoms in total. The Balaban J connectivity index is 2.24. The first-order valence-electron chi connectivity index (χ1n) is 6.29. The van der Waals surface area contributed by atoms with Crippen molar-refractivity contribution in [2.45, 2.75) is 30.8 Å². The second kappa shape index (κ2) is 8.17. The van der Waals surface area contributed by atoms with Gasteiger partial charge in [0.1, 0.15) is 5.82 Å². The SMILES string of the molecule is CC(O)CCN(C)C(=O)CCSc1ccc(F)cc1. The van der Waals surface area contributed by atoms with E-state index in [9.17, 15) is 9.18 Å². The molecule has 1 aromatic rings. The van der Waals surface area contributed by atoms with Gasteiger partial charge < -0.3 is 10.0 Å². The summed E-state index contributed by atoms with van der Waals surface area (Å²) in [5, 5.41) is 9.16. The van der Waals surface area contributed by atoms with Crippen molar-refractivity contribution in [1.82, 2.24) is 4.90 Å². The first-order valence-corrected chi connectivity index (χ1v) is 7.28. The molecule has 0 bridgehead atoms. The van der Waals surface area contributed by atoms with Crippen molar-refractivity contribution < 1.29 is 14.3 Å². The number of hydrogen-bond donors (Lipinski definition) is 1. The lowest BCUT2D eigenvalue weighted by Gasteiger charge is -2.17. The minimum Gasteiger partial charge on any atom is -0.393 e. The highest BCUT2D eigenvalue weighted by atomic mass is 32.2. The number of amides is 1. The highest BCUT2D eigenvalue weighted by molar-refractivity contribution is 7.99. The van der Waals surface area contributed by atoms with Crippen LogP contribution in [0.15, 0.2) is 29.2 Å². The number of hydrogen-bond acceptors (Lipinski definition) is 3. The quantitative estimate of drug-likeness (QED) is 0.783. The Labute approximate surface area is 117 Å². The molecular formula is C14H20FNO2S. The van der Waals surface area contributed by atoms with Crippen molar-refractivity contribution in [1.29, 1.82) is 0 Å². The van der Waals surface area contributed by atoms with Crippen molar-refractivity contribution in [2.24, 2.45) is 0 Å². The van der Waals surface area contributed by atoms with E-state index >= 15 is 0 Å². The lowest BCUT2D eigenvalue weighted by Crippen LogP contribution is -2.29. The fourth-order valence-corrected chi connectivity index (χ4v) is 2.32. The molecule has 0 aliphatic heterocycles. The van der Waals surface area contributed by atoms with E-state index in [1.807, 2.05) is 0 Å². The number of benzene rings is 1. The predicted molar refractivity (Wildman–Crippen MR) is 75.7 cm³/mol. The highest BCUT2D eigenvalue weighted by Gasteiger charge is 2.09. The van der Waals surface area contributed by atoms with Gasteiger partial charge in [-0.1, -0.05) is 0 Å². The monoisotopic (exact) mass is 285 g/mol. The Morgan fingerprint density at radius 3 is 2.63 bits per heavy atom. The van der Waals surface area contributed by atoms with Crippen LogP contribution in [0, 0.1) is 5.82 Å². The van der Waals surface area contributed by atoms with Crippen LogP contribution in [0.4, 0.5) is 4.39 Å². The third-order valence-corrected chi connectivity index (χ3v) is 3.72. The van der Waals surface area contributed by atoms with E-state index in [-0.39, 0.29) is 17.8 Å². The smallest absolute Gasteiger partial charge is 0.223 e. The second-order valence-corrected chi connectivity index (χ2v) is 5.67. The van der Waals surface area contributed by atoms with Crippen LogP contribution in [-0.2, 0) is 4.79 Å². The van der Waals surface area contributed by atoms with E-state index in [1.165, 1.54) is 23.9 Å². The van der Waals surface area contributed by atoms with Crippen molar-refractivity contribution in [3.05, 3.63) is 30.1 Å². The molecule has 1 unspecified atom stereocenters. The molecule has 1 aromatic carbocycles. The molecule has 5 heteroatoms. The molecule has 0 fully saturated rings. The number of carbonyl (C=O) groups is 1. The van der Waals surface area contributed by atoms with E-state index in [2.05, 4.69) is 0 Å². The average Bonchev–Trinajstić information content (AvgIpc) is 2.38. The van der Waals surface area contributed by atoms with E-state index in [1.54, 1.807) is 31.0 Å². The first kappa shape index (κ1) is 16.0. The molecular weight excluding hydrogens is 265 g/mol. The van der Waals surface area contributed by atoms with Crippen LogP contribution in [-0.4, -0.2) is 41.4 Å². The van der Waals surface area contributed by atoms with Gasteiger partial charge in [-0.3, -0.25) is 4.79 Å². The molecule has 1 atom stereocenters. The van der Waals surface area contributed by atoms with Crippen LogP contribution in [0.1, 0.15) is 19.8 Å². The summed E-state index contributed by atoms with van der Waals surface area (Å²) < 4.78 is 12.7. The molecule has 1 N–H and O–H groups in total. The van der Waals surface area contributed by atoms with Gasteiger partial charge >= 0.3 is 0 Å². The Hall–Kier alpha value is -1.07. The van der Waals surface area contributed by atoms with Crippen molar-refractivity contribution in [3.63, 3.8) is 0 Å². The van der Waals surface area contributed by atoms with Crippen LogP contribution in [0.3, 0.4) is 0 Å². The van der Waals surface area contributed by atoms with Crippen molar-refractivity contribution in [2.75, 3.05) is 19.3 Å². The number of rotatable bonds is 7. The molecule has 0 aliphatic rings. The third-order valence-electron chi connectivity index (χ3n) is 2.71. The molecule has 1 amide bonds. The fraction of sp³-hybridized carbons (Fsp3) is 0.500. The van der Waals surface area contributed by atoms with Crippen LogP contribution < -0.4 is 0 Å². The molecule has 106 valence electrons. The fourth-order valence-electron chi connectivity index (χ4n) is 1.48. The lowest BCUT2D eigenvalue weighted by molar-refractivity contribution is -0.129. The minimum absolute atomic E-state index is 0.0651. The van der Waals surface area contributed by atoms with Gasteiger partial charge in [-0.2, -0.15) is 0 Å². The standard InChI is InChI=1S/C14H20FNO2S/c1-11(17)7-9-16(2)14(18)8-10-19-13-5-3-12(15)4-6-13/h3-6,11,17H,7-10H2,1-2H3. The van der Waals surface area contributed by atoms with Gasteiger partial charge in [0.25, 0.3) is 0 Å². The summed E-state index contributed by atoms with van der Waals surface area (Å²) in [5.74, 6) is 0.484. The van der Waals surface area contributed by atoms with Gasteiger partial charge in [0.05, 0.1) is 6.10 Å². The molecule has 1 rings (SSSR count). The van der Waals surface area contributed by atoms with E-state index in [4.69, 9.17) is 5.11 Å². The summed E-state index contributed by atoms with van der Waals surface area (Å²) in [5.41, 5.74) is 0.